The molecule has 1 N–H and O–H groups in total. The highest BCUT2D eigenvalue weighted by molar-refractivity contribution is 5.31. The first-order valence-corrected chi connectivity index (χ1v) is 6.95. The fourth-order valence-corrected chi connectivity index (χ4v) is 2.80. The number of benzene rings is 1. The maximum Gasteiger partial charge on any atom is 0.381 e. The minimum atomic E-state index is -6.64. The molecule has 0 heterocycles. The molecule has 1 fully saturated rings. The minimum Gasteiger partial charge on any atom is -0.385 e. The van der Waals surface area contributed by atoms with Crippen molar-refractivity contribution in [3.8, 4) is 0 Å². The number of hydrogen-bond acceptors (Lipinski definition) is 1. The summed E-state index contributed by atoms with van der Waals surface area (Å²) in [6.45, 7) is 2.18. The van der Waals surface area contributed by atoms with Gasteiger partial charge in [-0.25, -0.2) is 4.39 Å². The third kappa shape index (κ3) is 2.22. The number of halogens is 9. The predicted octanol–water partition coefficient (Wildman–Crippen LogP) is 4.86. The van der Waals surface area contributed by atoms with Crippen LogP contribution in [-0.4, -0.2) is 34.5 Å². The lowest BCUT2D eigenvalue weighted by molar-refractivity contribution is -0.303. The zero-order chi connectivity index (χ0) is 19.7. The molecule has 1 saturated carbocycles. The zero-order valence-corrected chi connectivity index (χ0v) is 12.9. The Morgan fingerprint density at radius 2 is 1.12 bits per heavy atom. The monoisotopic (exact) mass is 380 g/mol. The van der Waals surface area contributed by atoms with Crippen molar-refractivity contribution in [2.75, 3.05) is 0 Å². The first kappa shape index (κ1) is 19.9. The van der Waals surface area contributed by atoms with Crippen LogP contribution < -0.4 is 0 Å². The van der Waals surface area contributed by atoms with E-state index in [0.29, 0.717) is 12.5 Å². The van der Waals surface area contributed by atoms with Crippen LogP contribution in [0.1, 0.15) is 24.5 Å². The van der Waals surface area contributed by atoms with Crippen molar-refractivity contribution < 1.29 is 44.6 Å². The number of alkyl halides is 9. The summed E-state index contributed by atoms with van der Waals surface area (Å²) >= 11 is 0. The molecule has 1 atom stereocenters. The highest BCUT2D eigenvalue weighted by Gasteiger charge is 3.00. The van der Waals surface area contributed by atoms with Gasteiger partial charge in [-0.15, -0.1) is 0 Å². The van der Waals surface area contributed by atoms with Gasteiger partial charge in [-0.2, -0.15) is 35.1 Å². The van der Waals surface area contributed by atoms with Crippen molar-refractivity contribution in [3.05, 3.63) is 35.4 Å². The van der Waals surface area contributed by atoms with E-state index in [1.54, 1.807) is 6.92 Å². The fourth-order valence-electron chi connectivity index (χ4n) is 2.80. The number of rotatable bonds is 3. The van der Waals surface area contributed by atoms with Gasteiger partial charge in [0.1, 0.15) is 0 Å². The van der Waals surface area contributed by atoms with E-state index in [1.807, 2.05) is 0 Å². The highest BCUT2D eigenvalue weighted by atomic mass is 19.4. The number of hydrogen-bond donors (Lipinski definition) is 1. The molecular formula is C15H13F9O. The van der Waals surface area contributed by atoms with Crippen LogP contribution >= 0.6 is 0 Å². The molecule has 1 nitrogen and oxygen atoms in total. The van der Waals surface area contributed by atoms with Crippen molar-refractivity contribution in [3.63, 3.8) is 0 Å². The molecule has 0 saturated heterocycles. The first-order valence-electron chi connectivity index (χ1n) is 6.95. The van der Waals surface area contributed by atoms with Crippen molar-refractivity contribution in [2.45, 2.75) is 55.2 Å². The molecule has 1 aliphatic carbocycles. The van der Waals surface area contributed by atoms with E-state index in [0.717, 1.165) is 12.1 Å². The van der Waals surface area contributed by atoms with Gasteiger partial charge in [0.25, 0.3) is 5.67 Å². The van der Waals surface area contributed by atoms with Crippen LogP contribution in [0.15, 0.2) is 24.3 Å². The van der Waals surface area contributed by atoms with Gasteiger partial charge in [0.05, 0.1) is 5.60 Å². The molecule has 1 unspecified atom stereocenters. The molecule has 1 aromatic carbocycles. The van der Waals surface area contributed by atoms with E-state index >= 15 is 0 Å². The van der Waals surface area contributed by atoms with E-state index in [2.05, 4.69) is 0 Å². The largest absolute Gasteiger partial charge is 0.385 e. The average molecular weight is 380 g/mol. The topological polar surface area (TPSA) is 20.2 Å². The predicted molar refractivity (Wildman–Crippen MR) is 69.0 cm³/mol. The lowest BCUT2D eigenvalue weighted by Gasteiger charge is -2.36. The summed E-state index contributed by atoms with van der Waals surface area (Å²) in [5.74, 6) is -26.1. The summed E-state index contributed by atoms with van der Waals surface area (Å²) in [4.78, 5) is 0. The second kappa shape index (κ2) is 5.05. The van der Waals surface area contributed by atoms with Crippen molar-refractivity contribution >= 4 is 0 Å². The van der Waals surface area contributed by atoms with Gasteiger partial charge >= 0.3 is 23.7 Å². The lowest BCUT2D eigenvalue weighted by atomic mass is 9.80. The Labute approximate surface area is 136 Å². The second-order valence-corrected chi connectivity index (χ2v) is 6.42. The van der Waals surface area contributed by atoms with Crippen LogP contribution in [-0.2, 0) is 5.60 Å². The molecule has 0 spiro atoms. The SMILES string of the molecule is Cc1ccc(C(C)(O)CC2(F)C(F)(F)C(F)(F)C(F)(F)C2(F)F)cc1. The third-order valence-corrected chi connectivity index (χ3v) is 4.44. The number of aliphatic hydroxyl groups is 1. The second-order valence-electron chi connectivity index (χ2n) is 6.42. The Hall–Kier alpha value is -1.45. The van der Waals surface area contributed by atoms with Crippen LogP contribution in [0.3, 0.4) is 0 Å². The van der Waals surface area contributed by atoms with E-state index in [1.165, 1.54) is 12.1 Å². The van der Waals surface area contributed by atoms with E-state index in [-0.39, 0.29) is 5.56 Å². The van der Waals surface area contributed by atoms with E-state index in [4.69, 9.17) is 0 Å². The molecule has 25 heavy (non-hydrogen) atoms. The molecular weight excluding hydrogens is 367 g/mol. The summed E-state index contributed by atoms with van der Waals surface area (Å²) in [6.07, 6.45) is -2.37. The zero-order valence-electron chi connectivity index (χ0n) is 12.9. The van der Waals surface area contributed by atoms with Crippen LogP contribution in [0.5, 0.6) is 0 Å². The fraction of sp³-hybridized carbons (Fsp3) is 0.600. The third-order valence-electron chi connectivity index (χ3n) is 4.44. The highest BCUT2D eigenvalue weighted by Crippen LogP contribution is 2.70. The van der Waals surface area contributed by atoms with Crippen LogP contribution in [0.25, 0.3) is 0 Å². The molecule has 1 aromatic rings. The molecule has 1 aliphatic rings. The normalized spacial score (nSPS) is 27.7. The molecule has 0 radical (unpaired) electrons. The van der Waals surface area contributed by atoms with E-state index in [9.17, 15) is 44.6 Å². The van der Waals surface area contributed by atoms with Gasteiger partial charge in [0.15, 0.2) is 0 Å². The Morgan fingerprint density at radius 1 is 0.760 bits per heavy atom. The minimum absolute atomic E-state index is 0.375. The van der Waals surface area contributed by atoms with Gasteiger partial charge in [-0.05, 0) is 19.4 Å². The summed E-state index contributed by atoms with van der Waals surface area (Å²) in [6, 6.07) is 4.73. The molecule has 0 bridgehead atoms. The van der Waals surface area contributed by atoms with Gasteiger partial charge in [-0.1, -0.05) is 29.8 Å². The Balaban J connectivity index is 2.58. The molecule has 0 aliphatic heterocycles. The van der Waals surface area contributed by atoms with Gasteiger partial charge in [0, 0.05) is 6.42 Å². The smallest absolute Gasteiger partial charge is 0.381 e. The molecule has 0 amide bonds. The quantitative estimate of drug-likeness (QED) is 0.743. The van der Waals surface area contributed by atoms with Gasteiger partial charge < -0.3 is 5.11 Å². The van der Waals surface area contributed by atoms with E-state index < -0.39 is 41.4 Å². The van der Waals surface area contributed by atoms with Crippen molar-refractivity contribution in [1.82, 2.24) is 0 Å². The van der Waals surface area contributed by atoms with Crippen LogP contribution in [0.2, 0.25) is 0 Å². The summed E-state index contributed by atoms with van der Waals surface area (Å²) in [5.41, 5.74) is -8.29. The molecule has 142 valence electrons. The van der Waals surface area contributed by atoms with Crippen molar-refractivity contribution in [1.29, 1.82) is 0 Å². The lowest BCUT2D eigenvalue weighted by Crippen LogP contribution is -2.57. The van der Waals surface area contributed by atoms with Crippen LogP contribution in [0, 0.1) is 6.92 Å². The molecule has 2 rings (SSSR count). The summed E-state index contributed by atoms with van der Waals surface area (Å²) < 4.78 is 122. The van der Waals surface area contributed by atoms with Crippen LogP contribution in [0.4, 0.5) is 39.5 Å². The standard InChI is InChI=1S/C15H13F9O/c1-8-3-5-9(6-4-8)10(2,25)7-11(16)12(17,18)14(21,22)15(23,24)13(11,19)20/h3-6,25H,7H2,1-2H3. The van der Waals surface area contributed by atoms with Gasteiger partial charge in [-0.3, -0.25) is 0 Å². The van der Waals surface area contributed by atoms with Crippen molar-refractivity contribution in [2.24, 2.45) is 0 Å². The Bertz CT molecular complexity index is 638. The Morgan fingerprint density at radius 3 is 1.48 bits per heavy atom. The molecule has 10 heteroatoms. The summed E-state index contributed by atoms with van der Waals surface area (Å²) in [7, 11) is 0. The summed E-state index contributed by atoms with van der Waals surface area (Å²) in [5, 5.41) is 10.1. The maximum atomic E-state index is 14.5. The van der Waals surface area contributed by atoms with Gasteiger partial charge in [0.2, 0.25) is 0 Å². The first-order chi connectivity index (χ1) is 11.0. The molecule has 0 aromatic heterocycles. The Kier molecular flexibility index (Phi) is 4.01. The maximum absolute atomic E-state index is 14.5. The average Bonchev–Trinajstić information content (AvgIpc) is 2.49. The number of aryl methyl sites for hydroxylation is 1.